The van der Waals surface area contributed by atoms with Gasteiger partial charge in [0.2, 0.25) is 0 Å². The molecule has 0 bridgehead atoms. The van der Waals surface area contributed by atoms with Gasteiger partial charge in [0.25, 0.3) is 5.91 Å². The van der Waals surface area contributed by atoms with Crippen LogP contribution < -0.4 is 5.32 Å². The van der Waals surface area contributed by atoms with Crippen molar-refractivity contribution < 1.29 is 9.53 Å². The topological polar surface area (TPSA) is 56.2 Å². The third-order valence-corrected chi connectivity index (χ3v) is 5.24. The van der Waals surface area contributed by atoms with E-state index in [9.17, 15) is 4.79 Å². The second-order valence-electron chi connectivity index (χ2n) is 5.82. The second-order valence-corrected chi connectivity index (χ2v) is 7.28. The molecule has 0 fully saturated rings. The van der Waals surface area contributed by atoms with Crippen LogP contribution in [0.25, 0.3) is 0 Å². The highest BCUT2D eigenvalue weighted by atomic mass is 35.5. The quantitative estimate of drug-likeness (QED) is 0.756. The molecule has 0 saturated carbocycles. The molecule has 0 spiro atoms. The molecule has 1 atom stereocenters. The molecule has 2 aromatic heterocycles. The van der Waals surface area contributed by atoms with Crippen LogP contribution in [0.5, 0.6) is 0 Å². The van der Waals surface area contributed by atoms with Gasteiger partial charge in [-0.25, -0.2) is 0 Å². The number of thiophene rings is 1. The van der Waals surface area contributed by atoms with Crippen molar-refractivity contribution in [2.45, 2.75) is 25.8 Å². The summed E-state index contributed by atoms with van der Waals surface area (Å²) in [4.78, 5) is 13.4. The highest BCUT2D eigenvalue weighted by Crippen LogP contribution is 2.27. The molecule has 0 aliphatic carbocycles. The number of aromatic nitrogens is 2. The number of fused-ring (bicyclic) bond motifs is 1. The number of amides is 1. The Morgan fingerprint density at radius 2 is 2.20 bits per heavy atom. The van der Waals surface area contributed by atoms with Crippen molar-refractivity contribution in [3.63, 3.8) is 0 Å². The number of hydrogen-bond donors (Lipinski definition) is 1. The van der Waals surface area contributed by atoms with E-state index >= 15 is 0 Å². The van der Waals surface area contributed by atoms with Crippen LogP contribution in [0, 0.1) is 0 Å². The van der Waals surface area contributed by atoms with Gasteiger partial charge in [-0.2, -0.15) is 5.10 Å². The molecule has 5 nitrogen and oxygen atoms in total. The number of halogens is 1. The summed E-state index contributed by atoms with van der Waals surface area (Å²) >= 11 is 7.55. The Kier molecular flexibility index (Phi) is 4.57. The number of carbonyl (C=O) groups is 1. The molecule has 0 radical (unpaired) electrons. The minimum atomic E-state index is -0.168. The highest BCUT2D eigenvalue weighted by molar-refractivity contribution is 7.09. The highest BCUT2D eigenvalue weighted by Gasteiger charge is 2.24. The average Bonchev–Trinajstić information content (AvgIpc) is 3.29. The van der Waals surface area contributed by atoms with Crippen LogP contribution in [0.2, 0.25) is 5.02 Å². The Labute approximate surface area is 154 Å². The molecular formula is C18H16ClN3O2S. The number of benzene rings is 1. The van der Waals surface area contributed by atoms with Crippen molar-refractivity contribution in [1.82, 2.24) is 15.1 Å². The average molecular weight is 374 g/mol. The van der Waals surface area contributed by atoms with Gasteiger partial charge in [-0.3, -0.25) is 9.48 Å². The zero-order valence-corrected chi connectivity index (χ0v) is 14.9. The lowest BCUT2D eigenvalue weighted by Crippen LogP contribution is -2.24. The first-order valence-corrected chi connectivity index (χ1v) is 9.19. The molecule has 4 rings (SSSR count). The van der Waals surface area contributed by atoms with Crippen molar-refractivity contribution in [3.05, 3.63) is 74.7 Å². The predicted molar refractivity (Wildman–Crippen MR) is 96.7 cm³/mol. The van der Waals surface area contributed by atoms with Crippen molar-refractivity contribution in [3.8, 4) is 0 Å². The van der Waals surface area contributed by atoms with Gasteiger partial charge in [-0.1, -0.05) is 29.8 Å². The normalized spacial score (nSPS) is 16.4. The van der Waals surface area contributed by atoms with Crippen molar-refractivity contribution in [2.75, 3.05) is 0 Å². The molecule has 1 N–H and O–H groups in total. The van der Waals surface area contributed by atoms with E-state index in [1.54, 1.807) is 17.4 Å². The van der Waals surface area contributed by atoms with E-state index in [4.69, 9.17) is 16.3 Å². The van der Waals surface area contributed by atoms with Gasteiger partial charge in [0, 0.05) is 9.90 Å². The maximum Gasteiger partial charge on any atom is 0.272 e. The maximum absolute atomic E-state index is 12.3. The number of hydrogen-bond acceptors (Lipinski definition) is 4. The van der Waals surface area contributed by atoms with Crippen LogP contribution in [-0.2, 0) is 24.4 Å². The molecule has 3 aromatic rings. The van der Waals surface area contributed by atoms with Gasteiger partial charge in [-0.05, 0) is 35.2 Å². The van der Waals surface area contributed by atoms with E-state index in [1.807, 2.05) is 46.5 Å². The fourth-order valence-corrected chi connectivity index (χ4v) is 3.56. The maximum atomic E-state index is 12.3. The SMILES string of the molecule is O=C(NCc1cccs1)c1cc2n(n1)C[C@@H](c1ccc(Cl)cc1)OC2. The van der Waals surface area contributed by atoms with Gasteiger partial charge < -0.3 is 10.1 Å². The molecule has 1 aromatic carbocycles. The number of ether oxygens (including phenoxy) is 1. The van der Waals surface area contributed by atoms with Crippen LogP contribution in [0.1, 0.15) is 32.7 Å². The third kappa shape index (κ3) is 3.61. The van der Waals surface area contributed by atoms with E-state index in [-0.39, 0.29) is 12.0 Å². The van der Waals surface area contributed by atoms with Gasteiger partial charge in [-0.15, -0.1) is 11.3 Å². The molecule has 0 unspecified atom stereocenters. The first-order chi connectivity index (χ1) is 12.2. The summed E-state index contributed by atoms with van der Waals surface area (Å²) in [7, 11) is 0. The summed E-state index contributed by atoms with van der Waals surface area (Å²) in [5.41, 5.74) is 2.38. The summed E-state index contributed by atoms with van der Waals surface area (Å²) in [6.07, 6.45) is -0.0910. The summed E-state index contributed by atoms with van der Waals surface area (Å²) in [6.45, 7) is 1.52. The van der Waals surface area contributed by atoms with Gasteiger partial charge in [0.05, 0.1) is 25.4 Å². The molecule has 1 amide bonds. The number of rotatable bonds is 4. The van der Waals surface area contributed by atoms with Crippen LogP contribution in [0.4, 0.5) is 0 Å². The first kappa shape index (κ1) is 16.3. The van der Waals surface area contributed by atoms with E-state index in [1.165, 1.54) is 0 Å². The molecule has 3 heterocycles. The summed E-state index contributed by atoms with van der Waals surface area (Å²) in [5.74, 6) is -0.168. The first-order valence-electron chi connectivity index (χ1n) is 7.93. The van der Waals surface area contributed by atoms with Crippen molar-refractivity contribution in [2.24, 2.45) is 0 Å². The Hall–Kier alpha value is -2.15. The van der Waals surface area contributed by atoms with Crippen LogP contribution >= 0.6 is 22.9 Å². The molecular weight excluding hydrogens is 358 g/mol. The second kappa shape index (κ2) is 7.00. The third-order valence-electron chi connectivity index (χ3n) is 4.11. The molecule has 0 saturated heterocycles. The van der Waals surface area contributed by atoms with Gasteiger partial charge in [0.15, 0.2) is 5.69 Å². The minimum Gasteiger partial charge on any atom is -0.365 e. The van der Waals surface area contributed by atoms with Gasteiger partial charge >= 0.3 is 0 Å². The number of carbonyl (C=O) groups excluding carboxylic acids is 1. The van der Waals surface area contributed by atoms with Crippen LogP contribution in [0.15, 0.2) is 47.8 Å². The molecule has 1 aliphatic rings. The largest absolute Gasteiger partial charge is 0.365 e. The standard InChI is InChI=1S/C18H16ClN3O2S/c19-13-5-3-12(4-6-13)17-10-22-14(11-24-17)8-16(21-22)18(23)20-9-15-2-1-7-25-15/h1-8,17H,9-11H2,(H,20,23)/t17-/m0/s1. The molecule has 25 heavy (non-hydrogen) atoms. The summed E-state index contributed by atoms with van der Waals surface area (Å²) in [6, 6.07) is 13.4. The predicted octanol–water partition coefficient (Wildman–Crippen LogP) is 3.80. The zero-order chi connectivity index (χ0) is 17.2. The summed E-state index contributed by atoms with van der Waals surface area (Å²) < 4.78 is 7.76. The van der Waals surface area contributed by atoms with Crippen molar-refractivity contribution in [1.29, 1.82) is 0 Å². The molecule has 128 valence electrons. The van der Waals surface area contributed by atoms with E-state index in [0.717, 1.165) is 16.1 Å². The zero-order valence-electron chi connectivity index (χ0n) is 13.3. The molecule has 1 aliphatic heterocycles. The Balaban J connectivity index is 1.45. The van der Waals surface area contributed by atoms with Crippen molar-refractivity contribution >= 4 is 28.8 Å². The van der Waals surface area contributed by atoms with Crippen LogP contribution in [-0.4, -0.2) is 15.7 Å². The monoisotopic (exact) mass is 373 g/mol. The number of nitrogens with zero attached hydrogens (tertiary/aromatic N) is 2. The fourth-order valence-electron chi connectivity index (χ4n) is 2.79. The lowest BCUT2D eigenvalue weighted by Gasteiger charge is -2.24. The van der Waals surface area contributed by atoms with Gasteiger partial charge in [0.1, 0.15) is 6.10 Å². The summed E-state index contributed by atoms with van der Waals surface area (Å²) in [5, 5.41) is 10.0. The van der Waals surface area contributed by atoms with E-state index in [0.29, 0.717) is 30.4 Å². The lowest BCUT2D eigenvalue weighted by atomic mass is 10.1. The minimum absolute atomic E-state index is 0.0910. The van der Waals surface area contributed by atoms with E-state index in [2.05, 4.69) is 10.4 Å². The Bertz CT molecular complexity index is 874. The van der Waals surface area contributed by atoms with Crippen LogP contribution in [0.3, 0.4) is 0 Å². The fraction of sp³-hybridized carbons (Fsp3) is 0.222. The van der Waals surface area contributed by atoms with E-state index < -0.39 is 0 Å². The number of nitrogens with one attached hydrogen (secondary N) is 1. The lowest BCUT2D eigenvalue weighted by molar-refractivity contribution is -0.00119. The smallest absolute Gasteiger partial charge is 0.272 e. The Morgan fingerprint density at radius 3 is 2.96 bits per heavy atom. The Morgan fingerprint density at radius 1 is 1.36 bits per heavy atom. The molecule has 7 heteroatoms.